The van der Waals surface area contributed by atoms with Crippen LogP contribution in [0.3, 0.4) is 0 Å². The van der Waals surface area contributed by atoms with Crippen molar-refractivity contribution >= 4 is 41.6 Å². The van der Waals surface area contributed by atoms with Crippen molar-refractivity contribution in [3.05, 3.63) is 68.2 Å². The molecule has 0 aliphatic heterocycles. The van der Waals surface area contributed by atoms with Gasteiger partial charge in [0.15, 0.2) is 17.3 Å². The van der Waals surface area contributed by atoms with Crippen molar-refractivity contribution in [2.24, 2.45) is 5.10 Å². The number of aryl methyl sites for hydroxylation is 1. The molecule has 146 valence electrons. The summed E-state index contributed by atoms with van der Waals surface area (Å²) in [6.07, 6.45) is 2.40. The highest BCUT2D eigenvalue weighted by Crippen LogP contribution is 2.29. The van der Waals surface area contributed by atoms with Crippen LogP contribution in [0.5, 0.6) is 11.5 Å². The summed E-state index contributed by atoms with van der Waals surface area (Å²) >= 11 is 17.3. The molecule has 3 rings (SSSR count). The fraction of sp³-hybridized carbons (Fsp3) is 0.211. The molecule has 3 aromatic rings. The zero-order valence-corrected chi connectivity index (χ0v) is 17.6. The first-order valence-electron chi connectivity index (χ1n) is 8.47. The SMILES string of the molecule is CCc1n[nH]c(=S)n1/N=C/c1ccc(OCc2ccc(Cl)cc2Cl)c(OC)c1. The summed E-state index contributed by atoms with van der Waals surface area (Å²) in [7, 11) is 1.58. The van der Waals surface area contributed by atoms with Crippen molar-refractivity contribution in [3.63, 3.8) is 0 Å². The molecule has 0 aliphatic rings. The van der Waals surface area contributed by atoms with E-state index < -0.39 is 0 Å². The number of methoxy groups -OCH3 is 1. The van der Waals surface area contributed by atoms with Crippen LogP contribution in [0.4, 0.5) is 0 Å². The standard InChI is InChI=1S/C19H18Cl2N4O2S/c1-3-18-23-24-19(28)25(18)22-10-12-4-7-16(17(8-12)26-2)27-11-13-5-6-14(20)9-15(13)21/h4-10H,3,11H2,1-2H3,(H,24,28)/b22-10+. The Morgan fingerprint density at radius 1 is 1.21 bits per heavy atom. The number of nitrogens with zero attached hydrogens (tertiary/aromatic N) is 3. The number of hydrogen-bond acceptors (Lipinski definition) is 5. The lowest BCUT2D eigenvalue weighted by molar-refractivity contribution is 0.284. The van der Waals surface area contributed by atoms with Gasteiger partial charge in [0.25, 0.3) is 0 Å². The Balaban J connectivity index is 1.77. The molecule has 28 heavy (non-hydrogen) atoms. The van der Waals surface area contributed by atoms with Crippen molar-refractivity contribution in [2.45, 2.75) is 20.0 Å². The minimum absolute atomic E-state index is 0.295. The highest BCUT2D eigenvalue weighted by atomic mass is 35.5. The van der Waals surface area contributed by atoms with Crippen LogP contribution in [0.25, 0.3) is 0 Å². The molecule has 0 bridgehead atoms. The fourth-order valence-corrected chi connectivity index (χ4v) is 3.14. The Labute approximate surface area is 177 Å². The van der Waals surface area contributed by atoms with Crippen molar-refractivity contribution in [3.8, 4) is 11.5 Å². The average molecular weight is 437 g/mol. The Morgan fingerprint density at radius 2 is 2.04 bits per heavy atom. The molecule has 0 amide bonds. The van der Waals surface area contributed by atoms with Crippen molar-refractivity contribution in [2.75, 3.05) is 7.11 Å². The molecule has 2 aromatic carbocycles. The van der Waals surface area contributed by atoms with Gasteiger partial charge in [-0.2, -0.15) is 14.9 Å². The molecular weight excluding hydrogens is 419 g/mol. The summed E-state index contributed by atoms with van der Waals surface area (Å²) in [5, 5.41) is 12.4. The van der Waals surface area contributed by atoms with Gasteiger partial charge in [-0.15, -0.1) is 0 Å². The average Bonchev–Trinajstić information content (AvgIpc) is 3.05. The maximum atomic E-state index is 6.19. The molecule has 0 unspecified atom stereocenters. The molecule has 1 heterocycles. The third-order valence-corrected chi connectivity index (χ3v) is 4.79. The molecule has 1 aromatic heterocycles. The van der Waals surface area contributed by atoms with Gasteiger partial charge in [0, 0.05) is 22.0 Å². The van der Waals surface area contributed by atoms with Gasteiger partial charge in [-0.3, -0.25) is 5.10 Å². The molecule has 0 saturated heterocycles. The zero-order valence-electron chi connectivity index (χ0n) is 15.3. The van der Waals surface area contributed by atoms with Crippen molar-refractivity contribution < 1.29 is 9.47 Å². The summed E-state index contributed by atoms with van der Waals surface area (Å²) in [6, 6.07) is 10.8. The number of rotatable bonds is 7. The minimum atomic E-state index is 0.295. The van der Waals surface area contributed by atoms with E-state index in [0.717, 1.165) is 17.0 Å². The maximum absolute atomic E-state index is 6.19. The number of aromatic nitrogens is 3. The second kappa shape index (κ2) is 9.23. The second-order valence-electron chi connectivity index (χ2n) is 5.79. The predicted molar refractivity (Wildman–Crippen MR) is 114 cm³/mol. The molecule has 0 radical (unpaired) electrons. The number of halogens is 2. The summed E-state index contributed by atoms with van der Waals surface area (Å²) < 4.78 is 13.3. The van der Waals surface area contributed by atoms with Gasteiger partial charge in [0.05, 0.1) is 13.3 Å². The lowest BCUT2D eigenvalue weighted by atomic mass is 10.2. The van der Waals surface area contributed by atoms with Crippen molar-refractivity contribution in [1.29, 1.82) is 0 Å². The number of aromatic amines is 1. The predicted octanol–water partition coefficient (Wildman–Crippen LogP) is 5.28. The van der Waals surface area contributed by atoms with Crippen LogP contribution >= 0.6 is 35.4 Å². The van der Waals surface area contributed by atoms with Gasteiger partial charge in [-0.05, 0) is 48.1 Å². The van der Waals surface area contributed by atoms with E-state index in [1.54, 1.807) is 30.1 Å². The Morgan fingerprint density at radius 3 is 2.75 bits per heavy atom. The third-order valence-electron chi connectivity index (χ3n) is 3.94. The van der Waals surface area contributed by atoms with E-state index in [0.29, 0.717) is 39.3 Å². The van der Waals surface area contributed by atoms with Crippen LogP contribution in [-0.2, 0) is 13.0 Å². The maximum Gasteiger partial charge on any atom is 0.216 e. The van der Waals surface area contributed by atoms with E-state index in [1.807, 2.05) is 31.2 Å². The van der Waals surface area contributed by atoms with E-state index in [9.17, 15) is 0 Å². The van der Waals surface area contributed by atoms with Gasteiger partial charge < -0.3 is 9.47 Å². The number of benzene rings is 2. The number of H-pyrrole nitrogens is 1. The largest absolute Gasteiger partial charge is 0.493 e. The number of hydrogen-bond donors (Lipinski definition) is 1. The summed E-state index contributed by atoms with van der Waals surface area (Å²) in [5.74, 6) is 1.94. The molecule has 1 N–H and O–H groups in total. The molecule has 0 saturated carbocycles. The normalized spacial score (nSPS) is 11.1. The summed E-state index contributed by atoms with van der Waals surface area (Å²) in [6.45, 7) is 2.28. The van der Waals surface area contributed by atoms with E-state index in [4.69, 9.17) is 44.9 Å². The quantitative estimate of drug-likeness (QED) is 0.404. The molecule has 0 aliphatic carbocycles. The lowest BCUT2D eigenvalue weighted by Crippen LogP contribution is -2.00. The molecule has 0 atom stereocenters. The smallest absolute Gasteiger partial charge is 0.216 e. The monoisotopic (exact) mass is 436 g/mol. The summed E-state index contributed by atoms with van der Waals surface area (Å²) in [4.78, 5) is 0. The van der Waals surface area contributed by atoms with E-state index in [2.05, 4.69) is 15.3 Å². The first-order chi connectivity index (χ1) is 13.5. The Bertz CT molecular complexity index is 1060. The molecule has 6 nitrogen and oxygen atoms in total. The van der Waals surface area contributed by atoms with Crippen LogP contribution in [0.1, 0.15) is 23.9 Å². The van der Waals surface area contributed by atoms with Gasteiger partial charge in [-0.25, -0.2) is 0 Å². The highest BCUT2D eigenvalue weighted by molar-refractivity contribution is 7.71. The highest BCUT2D eigenvalue weighted by Gasteiger charge is 2.08. The minimum Gasteiger partial charge on any atom is -0.493 e. The van der Waals surface area contributed by atoms with Crippen molar-refractivity contribution in [1.82, 2.24) is 14.9 Å². The lowest BCUT2D eigenvalue weighted by Gasteiger charge is -2.12. The Kier molecular flexibility index (Phi) is 6.72. The van der Waals surface area contributed by atoms with E-state index >= 15 is 0 Å². The molecule has 9 heteroatoms. The first kappa shape index (κ1) is 20.4. The molecule has 0 fully saturated rings. The van der Waals surface area contributed by atoms with E-state index in [1.165, 1.54) is 0 Å². The van der Waals surface area contributed by atoms with Crippen LogP contribution < -0.4 is 9.47 Å². The van der Waals surface area contributed by atoms with Gasteiger partial charge in [0.2, 0.25) is 4.77 Å². The first-order valence-corrected chi connectivity index (χ1v) is 9.63. The summed E-state index contributed by atoms with van der Waals surface area (Å²) in [5.41, 5.74) is 1.67. The van der Waals surface area contributed by atoms with Crippen LogP contribution in [0.15, 0.2) is 41.5 Å². The van der Waals surface area contributed by atoms with Gasteiger partial charge in [0.1, 0.15) is 6.61 Å². The zero-order chi connectivity index (χ0) is 20.1. The topological polar surface area (TPSA) is 64.4 Å². The van der Waals surface area contributed by atoms with Crippen LogP contribution in [0.2, 0.25) is 10.0 Å². The number of nitrogens with one attached hydrogen (secondary N) is 1. The molecular formula is C19H18Cl2N4O2S. The Hall–Kier alpha value is -2.35. The fourth-order valence-electron chi connectivity index (χ4n) is 2.47. The number of ether oxygens (including phenoxy) is 2. The van der Waals surface area contributed by atoms with Gasteiger partial charge >= 0.3 is 0 Å². The second-order valence-corrected chi connectivity index (χ2v) is 7.02. The van der Waals surface area contributed by atoms with Crippen LogP contribution in [0, 0.1) is 4.77 Å². The van der Waals surface area contributed by atoms with E-state index in [-0.39, 0.29) is 0 Å². The molecule has 0 spiro atoms. The third kappa shape index (κ3) is 4.73. The van der Waals surface area contributed by atoms with Crippen LogP contribution in [-0.4, -0.2) is 28.2 Å². The van der Waals surface area contributed by atoms with Gasteiger partial charge in [-0.1, -0.05) is 36.2 Å².